The Balaban J connectivity index is 1.75. The second-order valence-corrected chi connectivity index (χ2v) is 6.92. The molecular formula is C24H23NO3. The number of carbonyl (C=O) groups is 2. The van der Waals surface area contributed by atoms with Crippen molar-refractivity contribution < 1.29 is 14.3 Å². The Kier molecular flexibility index (Phi) is 5.59. The Bertz CT molecular complexity index is 996. The van der Waals surface area contributed by atoms with Gasteiger partial charge in [0.1, 0.15) is 5.75 Å². The first kappa shape index (κ1) is 19.4. The van der Waals surface area contributed by atoms with E-state index in [9.17, 15) is 9.59 Å². The minimum atomic E-state index is -0.345. The Labute approximate surface area is 165 Å². The maximum atomic E-state index is 12.6. The minimum absolute atomic E-state index is 0.133. The fraction of sp³-hybridized carbons (Fsp3) is 0.167. The molecule has 0 atom stereocenters. The van der Waals surface area contributed by atoms with Gasteiger partial charge >= 0.3 is 5.97 Å². The van der Waals surface area contributed by atoms with Gasteiger partial charge in [0.25, 0.3) is 5.91 Å². The molecule has 3 aromatic rings. The van der Waals surface area contributed by atoms with Crippen LogP contribution in [0.15, 0.2) is 60.7 Å². The molecular weight excluding hydrogens is 350 g/mol. The third kappa shape index (κ3) is 4.46. The largest absolute Gasteiger partial charge is 0.427 e. The van der Waals surface area contributed by atoms with Gasteiger partial charge < -0.3 is 10.1 Å². The number of amides is 1. The average molecular weight is 373 g/mol. The molecule has 0 aromatic heterocycles. The molecule has 0 aliphatic carbocycles. The molecule has 0 radical (unpaired) electrons. The first-order chi connectivity index (χ1) is 13.3. The van der Waals surface area contributed by atoms with E-state index in [0.717, 1.165) is 27.9 Å². The number of benzene rings is 3. The van der Waals surface area contributed by atoms with E-state index in [4.69, 9.17) is 4.74 Å². The van der Waals surface area contributed by atoms with Crippen molar-refractivity contribution in [3.63, 3.8) is 0 Å². The number of aryl methyl sites for hydroxylation is 3. The molecule has 3 rings (SSSR count). The summed E-state index contributed by atoms with van der Waals surface area (Å²) in [5, 5.41) is 3.02. The van der Waals surface area contributed by atoms with Crippen LogP contribution in [-0.4, -0.2) is 11.9 Å². The molecule has 3 aromatic carbocycles. The summed E-state index contributed by atoms with van der Waals surface area (Å²) in [7, 11) is 0. The summed E-state index contributed by atoms with van der Waals surface area (Å²) in [4.78, 5) is 23.6. The van der Waals surface area contributed by atoms with Crippen molar-refractivity contribution in [2.75, 3.05) is 5.32 Å². The van der Waals surface area contributed by atoms with Gasteiger partial charge in [0, 0.05) is 18.2 Å². The van der Waals surface area contributed by atoms with Crippen molar-refractivity contribution in [2.24, 2.45) is 0 Å². The second kappa shape index (κ2) is 8.09. The van der Waals surface area contributed by atoms with Crippen LogP contribution in [0.4, 0.5) is 5.69 Å². The SMILES string of the molecule is CC(=O)Oc1ccc(-c2ccc(C(=O)Nc3c(C)cc(C)cc3C)cc2)cc1. The van der Waals surface area contributed by atoms with Crippen molar-refractivity contribution in [1.29, 1.82) is 0 Å². The summed E-state index contributed by atoms with van der Waals surface area (Å²) in [5.41, 5.74) is 6.70. The summed E-state index contributed by atoms with van der Waals surface area (Å²) in [6.07, 6.45) is 0. The molecule has 0 fully saturated rings. The van der Waals surface area contributed by atoms with E-state index in [-0.39, 0.29) is 11.9 Å². The molecule has 4 heteroatoms. The fourth-order valence-corrected chi connectivity index (χ4v) is 3.26. The molecule has 142 valence electrons. The van der Waals surface area contributed by atoms with E-state index < -0.39 is 0 Å². The molecule has 0 saturated carbocycles. The van der Waals surface area contributed by atoms with Gasteiger partial charge in [-0.05, 0) is 67.3 Å². The summed E-state index contributed by atoms with van der Waals surface area (Å²) in [6, 6.07) is 18.8. The Morgan fingerprint density at radius 1 is 0.786 bits per heavy atom. The highest BCUT2D eigenvalue weighted by atomic mass is 16.5. The van der Waals surface area contributed by atoms with Gasteiger partial charge in [0.15, 0.2) is 0 Å². The summed E-state index contributed by atoms with van der Waals surface area (Å²) < 4.78 is 5.05. The van der Waals surface area contributed by atoms with Crippen molar-refractivity contribution in [3.05, 3.63) is 82.9 Å². The number of rotatable bonds is 4. The monoisotopic (exact) mass is 373 g/mol. The van der Waals surface area contributed by atoms with Crippen LogP contribution in [0.5, 0.6) is 5.75 Å². The summed E-state index contributed by atoms with van der Waals surface area (Å²) in [6.45, 7) is 7.41. The van der Waals surface area contributed by atoms with Crippen LogP contribution in [-0.2, 0) is 4.79 Å². The first-order valence-corrected chi connectivity index (χ1v) is 9.11. The number of carbonyl (C=O) groups excluding carboxylic acids is 2. The quantitative estimate of drug-likeness (QED) is 0.488. The zero-order chi connectivity index (χ0) is 20.3. The zero-order valence-corrected chi connectivity index (χ0v) is 16.5. The van der Waals surface area contributed by atoms with Crippen LogP contribution >= 0.6 is 0 Å². The number of nitrogens with one attached hydrogen (secondary N) is 1. The number of esters is 1. The molecule has 28 heavy (non-hydrogen) atoms. The van der Waals surface area contributed by atoms with E-state index in [1.54, 1.807) is 12.1 Å². The highest BCUT2D eigenvalue weighted by Crippen LogP contribution is 2.25. The van der Waals surface area contributed by atoms with Crippen molar-refractivity contribution >= 4 is 17.6 Å². The van der Waals surface area contributed by atoms with Crippen LogP contribution in [0.2, 0.25) is 0 Å². The number of anilines is 1. The van der Waals surface area contributed by atoms with E-state index in [1.807, 2.05) is 57.2 Å². The van der Waals surface area contributed by atoms with Gasteiger partial charge in [-0.25, -0.2) is 0 Å². The smallest absolute Gasteiger partial charge is 0.308 e. The molecule has 1 N–H and O–H groups in total. The van der Waals surface area contributed by atoms with Crippen LogP contribution in [0, 0.1) is 20.8 Å². The Hall–Kier alpha value is -3.40. The lowest BCUT2D eigenvalue weighted by Gasteiger charge is -2.13. The van der Waals surface area contributed by atoms with Crippen LogP contribution in [0.1, 0.15) is 34.0 Å². The van der Waals surface area contributed by atoms with E-state index >= 15 is 0 Å². The van der Waals surface area contributed by atoms with Gasteiger partial charge in [-0.3, -0.25) is 9.59 Å². The maximum absolute atomic E-state index is 12.6. The Morgan fingerprint density at radius 3 is 1.79 bits per heavy atom. The fourth-order valence-electron chi connectivity index (χ4n) is 3.26. The van der Waals surface area contributed by atoms with Gasteiger partial charge in [-0.1, -0.05) is 42.0 Å². The molecule has 4 nitrogen and oxygen atoms in total. The van der Waals surface area contributed by atoms with Crippen molar-refractivity contribution in [3.8, 4) is 16.9 Å². The van der Waals surface area contributed by atoms with Gasteiger partial charge in [0.2, 0.25) is 0 Å². The van der Waals surface area contributed by atoms with Crippen molar-refractivity contribution in [1.82, 2.24) is 0 Å². The third-order valence-electron chi connectivity index (χ3n) is 4.51. The standard InChI is InChI=1S/C24H23NO3/c1-15-13-16(2)23(17(3)14-15)25-24(27)21-7-5-19(6-8-21)20-9-11-22(12-10-20)28-18(4)26/h5-14H,1-4H3,(H,25,27). The molecule has 0 heterocycles. The van der Waals surface area contributed by atoms with Gasteiger partial charge in [-0.15, -0.1) is 0 Å². The molecule has 0 bridgehead atoms. The van der Waals surface area contributed by atoms with E-state index in [2.05, 4.69) is 17.4 Å². The van der Waals surface area contributed by atoms with Crippen LogP contribution < -0.4 is 10.1 Å². The predicted molar refractivity (Wildman–Crippen MR) is 112 cm³/mol. The topological polar surface area (TPSA) is 55.4 Å². The predicted octanol–water partition coefficient (Wildman–Crippen LogP) is 5.46. The Morgan fingerprint density at radius 2 is 1.29 bits per heavy atom. The molecule has 0 unspecified atom stereocenters. The molecule has 0 aliphatic rings. The molecule has 0 spiro atoms. The second-order valence-electron chi connectivity index (χ2n) is 6.92. The van der Waals surface area contributed by atoms with E-state index in [1.165, 1.54) is 12.5 Å². The lowest BCUT2D eigenvalue weighted by molar-refractivity contribution is -0.131. The lowest BCUT2D eigenvalue weighted by atomic mass is 10.0. The molecule has 0 saturated heterocycles. The van der Waals surface area contributed by atoms with Crippen LogP contribution in [0.3, 0.4) is 0 Å². The molecule has 0 aliphatic heterocycles. The lowest BCUT2D eigenvalue weighted by Crippen LogP contribution is -2.13. The van der Waals surface area contributed by atoms with Crippen LogP contribution in [0.25, 0.3) is 11.1 Å². The number of ether oxygens (including phenoxy) is 1. The van der Waals surface area contributed by atoms with Gasteiger partial charge in [-0.2, -0.15) is 0 Å². The first-order valence-electron chi connectivity index (χ1n) is 9.11. The summed E-state index contributed by atoms with van der Waals surface area (Å²) >= 11 is 0. The normalized spacial score (nSPS) is 10.4. The average Bonchev–Trinajstić information content (AvgIpc) is 2.65. The highest BCUT2D eigenvalue weighted by Gasteiger charge is 2.11. The van der Waals surface area contributed by atoms with Crippen molar-refractivity contribution in [2.45, 2.75) is 27.7 Å². The zero-order valence-electron chi connectivity index (χ0n) is 16.5. The number of hydrogen-bond donors (Lipinski definition) is 1. The highest BCUT2D eigenvalue weighted by molar-refractivity contribution is 6.05. The number of hydrogen-bond acceptors (Lipinski definition) is 3. The third-order valence-corrected chi connectivity index (χ3v) is 4.51. The summed E-state index contributed by atoms with van der Waals surface area (Å²) in [5.74, 6) is 0.0325. The molecule has 1 amide bonds. The van der Waals surface area contributed by atoms with Gasteiger partial charge in [0.05, 0.1) is 0 Å². The minimum Gasteiger partial charge on any atom is -0.427 e. The van der Waals surface area contributed by atoms with E-state index in [0.29, 0.717) is 11.3 Å². The maximum Gasteiger partial charge on any atom is 0.308 e.